The van der Waals surface area contributed by atoms with Crippen LogP contribution in [-0.2, 0) is 14.3 Å². The molecule has 10 heteroatoms. The van der Waals surface area contributed by atoms with Gasteiger partial charge in [-0.05, 0) is 32.1 Å². The van der Waals surface area contributed by atoms with Crippen molar-refractivity contribution in [2.24, 2.45) is 0 Å². The standard InChI is InChI=1S/C57H109NO9/c1-3-5-7-9-11-13-15-17-18-19-20-21-22-23-24-25-26-27-28-29-30-31-32-34-36-38-40-42-44-46-51(61)56(65)58-49(48-66-57-55(64)54(63)53(62)52(47-59)67-57)50(60)45-43-41-39-37-35-33-16-14-12-10-8-6-4-2/h35,37,43,45,49-55,57,59-64H,3-34,36,38-42,44,46-48H2,1-2H3,(H,58,65)/b37-35+,45-43+. The zero-order valence-corrected chi connectivity index (χ0v) is 43.5. The molecule has 1 rings (SSSR count). The molecule has 1 fully saturated rings. The molecule has 0 aromatic carbocycles. The molecule has 0 saturated carbocycles. The zero-order chi connectivity index (χ0) is 48.8. The minimum atomic E-state index is -1.61. The Morgan fingerprint density at radius 1 is 0.507 bits per heavy atom. The highest BCUT2D eigenvalue weighted by Crippen LogP contribution is 2.23. The lowest BCUT2D eigenvalue weighted by Gasteiger charge is -2.40. The highest BCUT2D eigenvalue weighted by atomic mass is 16.7. The van der Waals surface area contributed by atoms with Gasteiger partial charge >= 0.3 is 0 Å². The second-order valence-electron chi connectivity index (χ2n) is 20.2. The van der Waals surface area contributed by atoms with Crippen LogP contribution in [0.2, 0.25) is 0 Å². The van der Waals surface area contributed by atoms with E-state index in [4.69, 9.17) is 9.47 Å². The van der Waals surface area contributed by atoms with E-state index < -0.39 is 61.5 Å². The van der Waals surface area contributed by atoms with Crippen molar-refractivity contribution in [1.29, 1.82) is 0 Å². The Morgan fingerprint density at radius 3 is 1.30 bits per heavy atom. The molecule has 1 amide bonds. The van der Waals surface area contributed by atoms with Gasteiger partial charge in [-0.2, -0.15) is 0 Å². The number of aliphatic hydroxyl groups is 6. The third-order valence-corrected chi connectivity index (χ3v) is 13.9. The van der Waals surface area contributed by atoms with Gasteiger partial charge in [-0.1, -0.05) is 263 Å². The summed E-state index contributed by atoms with van der Waals surface area (Å²) in [7, 11) is 0. The lowest BCUT2D eigenvalue weighted by atomic mass is 9.99. The number of hydrogen-bond acceptors (Lipinski definition) is 9. The van der Waals surface area contributed by atoms with Crippen LogP contribution in [0.3, 0.4) is 0 Å². The molecule has 1 saturated heterocycles. The Kier molecular flexibility index (Phi) is 44.6. The quantitative estimate of drug-likeness (QED) is 0.0232. The van der Waals surface area contributed by atoms with Crippen LogP contribution in [0.1, 0.15) is 271 Å². The van der Waals surface area contributed by atoms with E-state index in [2.05, 4.69) is 31.3 Å². The SMILES string of the molecule is CCCCCCCCC/C=C/CC/C=C/C(O)C(COC1OC(CO)C(O)C(O)C1O)NC(=O)C(O)CCCCCCCCCCCCCCCCCCCCCCCCCCCCCCC. The molecule has 0 aromatic rings. The van der Waals surface area contributed by atoms with Crippen molar-refractivity contribution in [3.05, 3.63) is 24.3 Å². The first-order valence-corrected chi connectivity index (χ1v) is 28.7. The second kappa shape index (κ2) is 47.0. The third-order valence-electron chi connectivity index (χ3n) is 13.9. The molecule has 7 N–H and O–H groups in total. The Hall–Kier alpha value is -1.37. The molecule has 8 unspecified atom stereocenters. The number of carbonyl (C=O) groups is 1. The molecule has 396 valence electrons. The Morgan fingerprint density at radius 2 is 0.881 bits per heavy atom. The fourth-order valence-corrected chi connectivity index (χ4v) is 9.24. The Balaban J connectivity index is 2.19. The van der Waals surface area contributed by atoms with E-state index in [1.54, 1.807) is 6.08 Å². The third kappa shape index (κ3) is 36.2. The maximum absolute atomic E-state index is 13.1. The summed E-state index contributed by atoms with van der Waals surface area (Å²) in [6.45, 7) is 3.61. The second-order valence-corrected chi connectivity index (χ2v) is 20.2. The molecule has 1 heterocycles. The highest BCUT2D eigenvalue weighted by molar-refractivity contribution is 5.80. The molecule has 0 aromatic heterocycles. The van der Waals surface area contributed by atoms with Gasteiger partial charge in [-0.25, -0.2) is 0 Å². The molecule has 0 spiro atoms. The molecule has 0 bridgehead atoms. The number of nitrogens with one attached hydrogen (secondary N) is 1. The van der Waals surface area contributed by atoms with Crippen molar-refractivity contribution >= 4 is 5.91 Å². The smallest absolute Gasteiger partial charge is 0.249 e. The van der Waals surface area contributed by atoms with Gasteiger partial charge in [0, 0.05) is 0 Å². The topological polar surface area (TPSA) is 169 Å². The first-order chi connectivity index (χ1) is 32.8. The summed E-state index contributed by atoms with van der Waals surface area (Å²) in [6, 6.07) is -0.993. The first kappa shape index (κ1) is 63.6. The van der Waals surface area contributed by atoms with Gasteiger partial charge in [0.05, 0.1) is 25.4 Å². The monoisotopic (exact) mass is 952 g/mol. The number of rotatable bonds is 49. The number of aliphatic hydroxyl groups excluding tert-OH is 6. The van der Waals surface area contributed by atoms with Crippen molar-refractivity contribution in [1.82, 2.24) is 5.32 Å². The molecule has 0 aliphatic carbocycles. The number of ether oxygens (including phenoxy) is 2. The fourth-order valence-electron chi connectivity index (χ4n) is 9.24. The molecule has 67 heavy (non-hydrogen) atoms. The fraction of sp³-hybridized carbons (Fsp3) is 0.912. The summed E-state index contributed by atoms with van der Waals surface area (Å²) < 4.78 is 11.2. The Bertz CT molecular complexity index is 1120. The molecular weight excluding hydrogens is 843 g/mol. The van der Waals surface area contributed by atoms with E-state index in [0.717, 1.165) is 38.5 Å². The average Bonchev–Trinajstić information content (AvgIpc) is 3.33. The van der Waals surface area contributed by atoms with Gasteiger partial charge in [-0.15, -0.1) is 0 Å². The highest BCUT2D eigenvalue weighted by Gasteiger charge is 2.44. The van der Waals surface area contributed by atoms with Crippen molar-refractivity contribution in [3.63, 3.8) is 0 Å². The van der Waals surface area contributed by atoms with Crippen LogP contribution in [0.15, 0.2) is 24.3 Å². The van der Waals surface area contributed by atoms with E-state index in [9.17, 15) is 35.4 Å². The van der Waals surface area contributed by atoms with Gasteiger partial charge in [0.1, 0.15) is 30.5 Å². The van der Waals surface area contributed by atoms with E-state index in [1.807, 2.05) is 6.08 Å². The summed E-state index contributed by atoms with van der Waals surface area (Å²) >= 11 is 0. The van der Waals surface area contributed by atoms with Crippen LogP contribution in [-0.4, -0.2) is 98.7 Å². The van der Waals surface area contributed by atoms with Crippen molar-refractivity contribution in [3.8, 4) is 0 Å². The lowest BCUT2D eigenvalue weighted by Crippen LogP contribution is -2.60. The van der Waals surface area contributed by atoms with E-state index in [-0.39, 0.29) is 6.61 Å². The number of unbranched alkanes of at least 4 members (excludes halogenated alkanes) is 36. The molecule has 1 aliphatic heterocycles. The van der Waals surface area contributed by atoms with Crippen LogP contribution in [0.25, 0.3) is 0 Å². The van der Waals surface area contributed by atoms with Crippen molar-refractivity contribution in [2.45, 2.75) is 320 Å². The van der Waals surface area contributed by atoms with Crippen LogP contribution in [0, 0.1) is 0 Å². The van der Waals surface area contributed by atoms with Gasteiger partial charge < -0.3 is 45.4 Å². The minimum absolute atomic E-state index is 0.308. The molecule has 8 atom stereocenters. The summed E-state index contributed by atoms with van der Waals surface area (Å²) in [5, 5.41) is 64.9. The summed E-state index contributed by atoms with van der Waals surface area (Å²) in [5.41, 5.74) is 0. The van der Waals surface area contributed by atoms with Crippen LogP contribution < -0.4 is 5.32 Å². The predicted molar refractivity (Wildman–Crippen MR) is 278 cm³/mol. The summed E-state index contributed by atoms with van der Waals surface area (Å²) in [6.07, 6.45) is 48.7. The summed E-state index contributed by atoms with van der Waals surface area (Å²) in [5.74, 6) is -0.622. The van der Waals surface area contributed by atoms with E-state index in [1.165, 1.54) is 205 Å². The minimum Gasteiger partial charge on any atom is -0.394 e. The average molecular weight is 952 g/mol. The van der Waals surface area contributed by atoms with Gasteiger partial charge in [-0.3, -0.25) is 4.79 Å². The maximum Gasteiger partial charge on any atom is 0.249 e. The molecule has 10 nitrogen and oxygen atoms in total. The van der Waals surface area contributed by atoms with Crippen LogP contribution in [0.4, 0.5) is 0 Å². The molecular formula is C57H109NO9. The predicted octanol–water partition coefficient (Wildman–Crippen LogP) is 12.8. The lowest BCUT2D eigenvalue weighted by molar-refractivity contribution is -0.302. The van der Waals surface area contributed by atoms with Crippen molar-refractivity contribution in [2.75, 3.05) is 13.2 Å². The van der Waals surface area contributed by atoms with Crippen molar-refractivity contribution < 1.29 is 44.9 Å². The zero-order valence-electron chi connectivity index (χ0n) is 43.5. The number of allylic oxidation sites excluding steroid dienone is 3. The molecule has 1 aliphatic rings. The molecule has 0 radical (unpaired) electrons. The maximum atomic E-state index is 13.1. The number of amides is 1. The first-order valence-electron chi connectivity index (χ1n) is 28.7. The summed E-state index contributed by atoms with van der Waals surface area (Å²) in [4.78, 5) is 13.1. The number of carbonyl (C=O) groups excluding carboxylic acids is 1. The largest absolute Gasteiger partial charge is 0.394 e. The van der Waals surface area contributed by atoms with E-state index >= 15 is 0 Å². The van der Waals surface area contributed by atoms with Crippen LogP contribution >= 0.6 is 0 Å². The Labute approximate surface area is 411 Å². The normalized spacial score (nSPS) is 20.3. The van der Waals surface area contributed by atoms with Crippen LogP contribution in [0.5, 0.6) is 0 Å². The van der Waals surface area contributed by atoms with E-state index in [0.29, 0.717) is 12.8 Å². The van der Waals surface area contributed by atoms with Gasteiger partial charge in [0.2, 0.25) is 5.91 Å². The number of hydrogen-bond donors (Lipinski definition) is 7. The van der Waals surface area contributed by atoms with Gasteiger partial charge in [0.15, 0.2) is 6.29 Å². The van der Waals surface area contributed by atoms with Gasteiger partial charge in [0.25, 0.3) is 0 Å².